The second-order valence-corrected chi connectivity index (χ2v) is 7.68. The van der Waals surface area contributed by atoms with E-state index in [1.165, 1.54) is 7.11 Å². The van der Waals surface area contributed by atoms with E-state index in [0.29, 0.717) is 29.8 Å². The zero-order chi connectivity index (χ0) is 23.2. The minimum Gasteiger partial charge on any atom is -0.453 e. The third kappa shape index (κ3) is 5.01. The lowest BCUT2D eigenvalue weighted by Crippen LogP contribution is -2.23. The summed E-state index contributed by atoms with van der Waals surface area (Å²) in [5, 5.41) is 21.1. The molecule has 0 unspecified atom stereocenters. The number of ether oxygens (including phenoxy) is 1. The smallest absolute Gasteiger partial charge is 0.413 e. The van der Waals surface area contributed by atoms with E-state index >= 15 is 0 Å². The number of rotatable bonds is 9. The first-order chi connectivity index (χ1) is 16.1. The first kappa shape index (κ1) is 22.4. The summed E-state index contributed by atoms with van der Waals surface area (Å²) in [4.78, 5) is 25.2. The average molecular weight is 450 g/mol. The zero-order valence-electron chi connectivity index (χ0n) is 18.7. The predicted octanol–water partition coefficient (Wildman–Crippen LogP) is 3.56. The van der Waals surface area contributed by atoms with Crippen molar-refractivity contribution < 1.29 is 14.6 Å². The van der Waals surface area contributed by atoms with Crippen molar-refractivity contribution in [3.63, 3.8) is 0 Å². The van der Waals surface area contributed by atoms with E-state index in [1.54, 1.807) is 12.4 Å². The molecule has 0 aliphatic carbocycles. The summed E-state index contributed by atoms with van der Waals surface area (Å²) in [7, 11) is 1.28. The Morgan fingerprint density at radius 2 is 2.06 bits per heavy atom. The van der Waals surface area contributed by atoms with Crippen LogP contribution in [0.5, 0.6) is 0 Å². The molecule has 0 bridgehead atoms. The highest BCUT2D eigenvalue weighted by atomic mass is 16.5. The SMILES string of the molecule is CCC[C@@H](CCO)Nc1nc(NC(=O)OC)nc2cnn(Cc3cccc4cccnc34)c12. The number of aliphatic hydroxyl groups is 1. The molecule has 1 amide bonds. The molecule has 4 aromatic rings. The largest absolute Gasteiger partial charge is 0.453 e. The highest BCUT2D eigenvalue weighted by Gasteiger charge is 2.18. The topological polar surface area (TPSA) is 127 Å². The van der Waals surface area contributed by atoms with Crippen molar-refractivity contribution in [2.75, 3.05) is 24.4 Å². The third-order valence-electron chi connectivity index (χ3n) is 5.38. The Morgan fingerprint density at radius 3 is 2.85 bits per heavy atom. The molecule has 0 aliphatic heterocycles. The molecule has 10 nitrogen and oxygen atoms in total. The number of para-hydroxylation sites is 1. The maximum absolute atomic E-state index is 11.7. The second kappa shape index (κ2) is 10.2. The van der Waals surface area contributed by atoms with Crippen LogP contribution in [0.1, 0.15) is 31.7 Å². The average Bonchev–Trinajstić information content (AvgIpc) is 3.22. The Morgan fingerprint density at radius 1 is 1.21 bits per heavy atom. The van der Waals surface area contributed by atoms with Crippen LogP contribution in [0.25, 0.3) is 21.9 Å². The third-order valence-corrected chi connectivity index (χ3v) is 5.38. The summed E-state index contributed by atoms with van der Waals surface area (Å²) in [5.41, 5.74) is 3.21. The van der Waals surface area contributed by atoms with Crippen LogP contribution < -0.4 is 10.6 Å². The fourth-order valence-corrected chi connectivity index (χ4v) is 3.86. The van der Waals surface area contributed by atoms with Gasteiger partial charge in [-0.3, -0.25) is 15.0 Å². The van der Waals surface area contributed by atoms with Gasteiger partial charge in [-0.1, -0.05) is 37.6 Å². The van der Waals surface area contributed by atoms with E-state index in [2.05, 4.69) is 42.3 Å². The number of aromatic nitrogens is 5. The van der Waals surface area contributed by atoms with Gasteiger partial charge in [0.2, 0.25) is 5.95 Å². The number of carbonyl (C=O) groups is 1. The lowest BCUT2D eigenvalue weighted by atomic mass is 10.1. The minimum atomic E-state index is -0.657. The van der Waals surface area contributed by atoms with Crippen LogP contribution >= 0.6 is 0 Å². The summed E-state index contributed by atoms with van der Waals surface area (Å²) in [6.07, 6.45) is 5.13. The lowest BCUT2D eigenvalue weighted by molar-refractivity contribution is 0.186. The van der Waals surface area contributed by atoms with Gasteiger partial charge in [0, 0.05) is 24.2 Å². The monoisotopic (exact) mass is 449 g/mol. The Bertz CT molecular complexity index is 1250. The number of pyridine rings is 1. The van der Waals surface area contributed by atoms with Crippen molar-refractivity contribution >= 4 is 39.8 Å². The van der Waals surface area contributed by atoms with Crippen molar-refractivity contribution in [3.05, 3.63) is 48.3 Å². The van der Waals surface area contributed by atoms with Crippen molar-refractivity contribution in [2.45, 2.75) is 38.8 Å². The number of aliphatic hydroxyl groups excluding tert-OH is 1. The number of carbonyl (C=O) groups excluding carboxylic acids is 1. The van der Waals surface area contributed by atoms with Gasteiger partial charge in [-0.2, -0.15) is 10.1 Å². The van der Waals surface area contributed by atoms with Gasteiger partial charge in [-0.15, -0.1) is 0 Å². The Hall–Kier alpha value is -3.79. The van der Waals surface area contributed by atoms with E-state index in [1.807, 2.05) is 35.0 Å². The number of hydrogen-bond donors (Lipinski definition) is 3. The van der Waals surface area contributed by atoms with Crippen LogP contribution in [0, 0.1) is 0 Å². The highest BCUT2D eigenvalue weighted by molar-refractivity contribution is 5.90. The molecule has 0 aliphatic rings. The number of nitrogens with one attached hydrogen (secondary N) is 2. The van der Waals surface area contributed by atoms with Crippen LogP contribution in [0.3, 0.4) is 0 Å². The molecule has 0 fully saturated rings. The molecule has 0 saturated carbocycles. The van der Waals surface area contributed by atoms with Gasteiger partial charge in [0.1, 0.15) is 11.0 Å². The zero-order valence-corrected chi connectivity index (χ0v) is 18.7. The van der Waals surface area contributed by atoms with Gasteiger partial charge < -0.3 is 15.2 Å². The first-order valence-corrected chi connectivity index (χ1v) is 10.9. The fraction of sp³-hybridized carbons (Fsp3) is 0.348. The summed E-state index contributed by atoms with van der Waals surface area (Å²) in [5.74, 6) is 0.645. The van der Waals surface area contributed by atoms with Gasteiger partial charge in [-0.25, -0.2) is 9.78 Å². The molecule has 0 spiro atoms. The number of benzene rings is 1. The molecular formula is C23H27N7O3. The normalized spacial score (nSPS) is 12.1. The van der Waals surface area contributed by atoms with Crippen molar-refractivity contribution in [3.8, 4) is 0 Å². The quantitative estimate of drug-likeness (QED) is 0.354. The summed E-state index contributed by atoms with van der Waals surface area (Å²) in [6.45, 7) is 2.61. The molecule has 3 N–H and O–H groups in total. The van der Waals surface area contributed by atoms with Crippen molar-refractivity contribution in [2.24, 2.45) is 0 Å². The molecule has 3 aromatic heterocycles. The Balaban J connectivity index is 1.78. The molecule has 10 heteroatoms. The van der Waals surface area contributed by atoms with Crippen LogP contribution in [0.2, 0.25) is 0 Å². The molecule has 4 rings (SSSR count). The highest BCUT2D eigenvalue weighted by Crippen LogP contribution is 2.26. The number of anilines is 2. The van der Waals surface area contributed by atoms with E-state index in [9.17, 15) is 9.90 Å². The van der Waals surface area contributed by atoms with Crippen molar-refractivity contribution in [1.82, 2.24) is 24.7 Å². The Kier molecular flexibility index (Phi) is 6.94. The number of methoxy groups -OCH3 is 1. The van der Waals surface area contributed by atoms with Crippen LogP contribution in [0.4, 0.5) is 16.6 Å². The first-order valence-electron chi connectivity index (χ1n) is 10.9. The molecule has 1 atom stereocenters. The van der Waals surface area contributed by atoms with E-state index in [-0.39, 0.29) is 18.6 Å². The number of hydrogen-bond acceptors (Lipinski definition) is 8. The molecule has 172 valence electrons. The number of nitrogens with zero attached hydrogens (tertiary/aromatic N) is 5. The predicted molar refractivity (Wildman–Crippen MR) is 126 cm³/mol. The van der Waals surface area contributed by atoms with Crippen LogP contribution in [0.15, 0.2) is 42.7 Å². The van der Waals surface area contributed by atoms with E-state index < -0.39 is 6.09 Å². The maximum Gasteiger partial charge on any atom is 0.413 e. The number of amides is 1. The summed E-state index contributed by atoms with van der Waals surface area (Å²) >= 11 is 0. The summed E-state index contributed by atoms with van der Waals surface area (Å²) < 4.78 is 6.50. The molecule has 0 saturated heterocycles. The van der Waals surface area contributed by atoms with E-state index in [0.717, 1.165) is 29.3 Å². The molecule has 0 radical (unpaired) electrons. The standard InChI is InChI=1S/C23H27N7O3/c1-3-6-17(10-12-31)26-21-20-18(27-22(28-21)29-23(32)33-2)13-25-30(20)14-16-8-4-7-15-9-5-11-24-19(15)16/h4-5,7-9,11,13,17,31H,3,6,10,12,14H2,1-2H3,(H2,26,27,28,29,32)/t17-/m0/s1. The molecule has 3 heterocycles. The van der Waals surface area contributed by atoms with Crippen LogP contribution in [-0.4, -0.2) is 55.7 Å². The van der Waals surface area contributed by atoms with Gasteiger partial charge in [-0.05, 0) is 24.5 Å². The maximum atomic E-state index is 11.7. The van der Waals surface area contributed by atoms with Crippen molar-refractivity contribution in [1.29, 1.82) is 0 Å². The molecular weight excluding hydrogens is 422 g/mol. The Labute approximate surface area is 191 Å². The van der Waals surface area contributed by atoms with Gasteiger partial charge in [0.15, 0.2) is 5.82 Å². The van der Waals surface area contributed by atoms with Gasteiger partial charge in [0.05, 0.1) is 25.4 Å². The minimum absolute atomic E-state index is 0.00616. The summed E-state index contributed by atoms with van der Waals surface area (Å²) in [6, 6.07) is 9.99. The number of fused-ring (bicyclic) bond motifs is 2. The second-order valence-electron chi connectivity index (χ2n) is 7.68. The van der Waals surface area contributed by atoms with Crippen LogP contribution in [-0.2, 0) is 11.3 Å². The fourth-order valence-electron chi connectivity index (χ4n) is 3.86. The molecule has 33 heavy (non-hydrogen) atoms. The van der Waals surface area contributed by atoms with E-state index in [4.69, 9.17) is 0 Å². The molecule has 1 aromatic carbocycles. The lowest BCUT2D eigenvalue weighted by Gasteiger charge is -2.19. The van der Waals surface area contributed by atoms with Gasteiger partial charge in [0.25, 0.3) is 0 Å². The van der Waals surface area contributed by atoms with Gasteiger partial charge >= 0.3 is 6.09 Å².